The monoisotopic (exact) mass is 271 g/mol. The zero-order chi connectivity index (χ0) is 15.3. The van der Waals surface area contributed by atoms with Crippen molar-refractivity contribution in [3.05, 3.63) is 0 Å². The molecule has 0 amide bonds. The van der Waals surface area contributed by atoms with E-state index in [0.29, 0.717) is 17.8 Å². The molecule has 1 rings (SSSR count). The lowest BCUT2D eigenvalue weighted by molar-refractivity contribution is -0.298. The molecule has 3 nitrogen and oxygen atoms in total. The molecule has 1 aliphatic carbocycles. The summed E-state index contributed by atoms with van der Waals surface area (Å²) in [5.41, 5.74) is 0. The molecule has 0 bridgehead atoms. The van der Waals surface area contributed by atoms with E-state index in [0.717, 1.165) is 6.42 Å². The number of nitrogens with zero attached hydrogens (tertiary/aromatic N) is 1. The third-order valence-corrected chi connectivity index (χ3v) is 3.54. The van der Waals surface area contributed by atoms with E-state index in [1.54, 1.807) is 6.26 Å². The van der Waals surface area contributed by atoms with Gasteiger partial charge < -0.3 is 0 Å². The average molecular weight is 271 g/mol. The lowest BCUT2D eigenvalue weighted by Crippen LogP contribution is -2.37. The highest BCUT2D eigenvalue weighted by Crippen LogP contribution is 2.38. The van der Waals surface area contributed by atoms with Crippen LogP contribution >= 0.6 is 0 Å². The second-order valence-electron chi connectivity index (χ2n) is 4.73. The van der Waals surface area contributed by atoms with Crippen molar-refractivity contribution in [2.75, 3.05) is 0 Å². The van der Waals surface area contributed by atoms with Crippen LogP contribution in [0, 0.1) is 29.3 Å². The Balaban J connectivity index is 0. The smallest absolute Gasteiger partial charge is 0.254 e. The SMILES string of the molecule is CC.CC.CCC1CCCC(OOC#N)C1C(C)C. The molecule has 0 saturated heterocycles. The summed E-state index contributed by atoms with van der Waals surface area (Å²) in [5, 5.41) is 8.35. The third kappa shape index (κ3) is 7.42. The Kier molecular flexibility index (Phi) is 14.8. The molecule has 3 unspecified atom stereocenters. The van der Waals surface area contributed by atoms with Crippen LogP contribution in [0.5, 0.6) is 0 Å². The molecule has 0 aromatic carbocycles. The molecule has 1 saturated carbocycles. The zero-order valence-electron chi connectivity index (χ0n) is 13.9. The first-order valence-electron chi connectivity index (χ1n) is 7.92. The maximum atomic E-state index is 8.35. The molecule has 1 aliphatic rings. The Morgan fingerprint density at radius 3 is 2.16 bits per heavy atom. The van der Waals surface area contributed by atoms with Crippen LogP contribution in [0.2, 0.25) is 0 Å². The van der Waals surface area contributed by atoms with Gasteiger partial charge in [0.05, 0.1) is 0 Å². The van der Waals surface area contributed by atoms with Gasteiger partial charge in [-0.1, -0.05) is 61.3 Å². The molecule has 0 heterocycles. The lowest BCUT2D eigenvalue weighted by atomic mass is 9.71. The molecule has 0 radical (unpaired) electrons. The normalized spacial score (nSPS) is 25.3. The fourth-order valence-corrected chi connectivity index (χ4v) is 2.92. The minimum Gasteiger partial charge on any atom is -0.254 e. The van der Waals surface area contributed by atoms with Crippen molar-refractivity contribution in [1.82, 2.24) is 0 Å². The molecule has 0 aliphatic heterocycles. The molecule has 3 atom stereocenters. The lowest BCUT2D eigenvalue weighted by Gasteiger charge is -2.38. The van der Waals surface area contributed by atoms with E-state index in [4.69, 9.17) is 10.1 Å². The first kappa shape index (κ1) is 20.6. The minimum absolute atomic E-state index is 0.100. The standard InChI is InChI=1S/C12H21NO2.2C2H6/c1-4-10-6-5-7-11(15-14-8-13)12(10)9(2)3;2*1-2/h9-12H,4-7H2,1-3H3;2*1-2H3. The van der Waals surface area contributed by atoms with Crippen LogP contribution in [0.1, 0.15) is 74.1 Å². The van der Waals surface area contributed by atoms with Crippen LogP contribution < -0.4 is 0 Å². The predicted octanol–water partition coefficient (Wildman–Crippen LogP) is 5.32. The Hall–Kier alpha value is -0.750. The summed E-state index contributed by atoms with van der Waals surface area (Å²) >= 11 is 0. The van der Waals surface area contributed by atoms with Gasteiger partial charge in [-0.3, -0.25) is 4.89 Å². The Morgan fingerprint density at radius 2 is 1.74 bits per heavy atom. The van der Waals surface area contributed by atoms with Crippen LogP contribution in [0.4, 0.5) is 0 Å². The molecular formula is C16H33NO2. The summed E-state index contributed by atoms with van der Waals surface area (Å²) < 4.78 is 0. The van der Waals surface area contributed by atoms with Crippen LogP contribution in [0.3, 0.4) is 0 Å². The summed E-state index contributed by atoms with van der Waals surface area (Å²) in [7, 11) is 0. The van der Waals surface area contributed by atoms with E-state index in [-0.39, 0.29) is 6.10 Å². The quantitative estimate of drug-likeness (QED) is 0.395. The summed E-state index contributed by atoms with van der Waals surface area (Å²) in [6.07, 6.45) is 6.36. The maximum absolute atomic E-state index is 8.35. The highest BCUT2D eigenvalue weighted by Gasteiger charge is 2.36. The third-order valence-electron chi connectivity index (χ3n) is 3.54. The maximum Gasteiger partial charge on any atom is 0.324 e. The van der Waals surface area contributed by atoms with Crippen molar-refractivity contribution in [1.29, 1.82) is 5.26 Å². The van der Waals surface area contributed by atoms with Crippen LogP contribution in [-0.2, 0) is 9.78 Å². The molecule has 3 heteroatoms. The van der Waals surface area contributed by atoms with Crippen molar-refractivity contribution in [2.24, 2.45) is 17.8 Å². The van der Waals surface area contributed by atoms with E-state index in [1.807, 2.05) is 27.7 Å². The summed E-state index contributed by atoms with van der Waals surface area (Å²) in [6, 6.07) is 0. The van der Waals surface area contributed by atoms with Gasteiger partial charge in [-0.05, 0) is 30.6 Å². The molecule has 1 fully saturated rings. The Morgan fingerprint density at radius 1 is 1.16 bits per heavy atom. The number of rotatable bonds is 4. The van der Waals surface area contributed by atoms with Crippen LogP contribution in [0.25, 0.3) is 0 Å². The van der Waals surface area contributed by atoms with E-state index < -0.39 is 0 Å². The van der Waals surface area contributed by atoms with Gasteiger partial charge in [0, 0.05) is 0 Å². The molecule has 114 valence electrons. The highest BCUT2D eigenvalue weighted by atomic mass is 17.2. The van der Waals surface area contributed by atoms with E-state index >= 15 is 0 Å². The zero-order valence-corrected chi connectivity index (χ0v) is 13.9. The molecular weight excluding hydrogens is 238 g/mol. The van der Waals surface area contributed by atoms with Crippen molar-refractivity contribution in [2.45, 2.75) is 80.3 Å². The summed E-state index contributed by atoms with van der Waals surface area (Å²) in [5.74, 6) is 1.82. The minimum atomic E-state index is 0.100. The van der Waals surface area contributed by atoms with Crippen molar-refractivity contribution in [3.8, 4) is 6.26 Å². The van der Waals surface area contributed by atoms with E-state index in [2.05, 4.69) is 25.7 Å². The van der Waals surface area contributed by atoms with Gasteiger partial charge in [0.1, 0.15) is 6.10 Å². The average Bonchev–Trinajstić information content (AvgIpc) is 2.48. The van der Waals surface area contributed by atoms with Crippen LogP contribution in [0.15, 0.2) is 0 Å². The molecule has 0 spiro atoms. The topological polar surface area (TPSA) is 42.2 Å². The fraction of sp³-hybridized carbons (Fsp3) is 0.938. The number of hydrogen-bond acceptors (Lipinski definition) is 3. The van der Waals surface area contributed by atoms with Gasteiger partial charge >= 0.3 is 6.26 Å². The van der Waals surface area contributed by atoms with Gasteiger partial charge in [-0.2, -0.15) is 4.89 Å². The fourth-order valence-electron chi connectivity index (χ4n) is 2.92. The summed E-state index contributed by atoms with van der Waals surface area (Å²) in [4.78, 5) is 9.63. The van der Waals surface area contributed by atoms with Crippen LogP contribution in [-0.4, -0.2) is 6.10 Å². The first-order valence-corrected chi connectivity index (χ1v) is 7.92. The van der Waals surface area contributed by atoms with Crippen molar-refractivity contribution >= 4 is 0 Å². The van der Waals surface area contributed by atoms with Gasteiger partial charge in [0.25, 0.3) is 0 Å². The molecule has 0 aromatic rings. The Labute approximate surface area is 120 Å². The van der Waals surface area contributed by atoms with Gasteiger partial charge in [-0.15, -0.1) is 5.26 Å². The van der Waals surface area contributed by atoms with Crippen molar-refractivity contribution < 1.29 is 9.78 Å². The largest absolute Gasteiger partial charge is 0.324 e. The number of nitriles is 1. The molecule has 19 heavy (non-hydrogen) atoms. The molecule has 0 aromatic heterocycles. The Bertz CT molecular complexity index is 223. The first-order chi connectivity index (χ1) is 9.20. The van der Waals surface area contributed by atoms with E-state index in [9.17, 15) is 0 Å². The summed E-state index contributed by atoms with van der Waals surface area (Å²) in [6.45, 7) is 14.7. The second-order valence-corrected chi connectivity index (χ2v) is 4.73. The highest BCUT2D eigenvalue weighted by molar-refractivity contribution is 4.83. The number of hydrogen-bond donors (Lipinski definition) is 0. The van der Waals surface area contributed by atoms with E-state index in [1.165, 1.54) is 19.3 Å². The molecule has 0 N–H and O–H groups in total. The van der Waals surface area contributed by atoms with Gasteiger partial charge in [-0.25, -0.2) is 0 Å². The van der Waals surface area contributed by atoms with Gasteiger partial charge in [0.15, 0.2) is 0 Å². The van der Waals surface area contributed by atoms with Crippen molar-refractivity contribution in [3.63, 3.8) is 0 Å². The van der Waals surface area contributed by atoms with Gasteiger partial charge in [0.2, 0.25) is 0 Å². The second kappa shape index (κ2) is 13.7. The predicted molar refractivity (Wildman–Crippen MR) is 80.2 cm³/mol.